The molecule has 0 amide bonds. The second-order valence-corrected chi connectivity index (χ2v) is 4.07. The number of aryl methyl sites for hydroxylation is 1. The maximum Gasteiger partial charge on any atom is 0.319 e. The Balaban J connectivity index is 2.18. The van der Waals surface area contributed by atoms with Gasteiger partial charge in [-0.1, -0.05) is 15.9 Å². The van der Waals surface area contributed by atoms with E-state index in [0.29, 0.717) is 0 Å². The summed E-state index contributed by atoms with van der Waals surface area (Å²) in [7, 11) is 1.39. The average Bonchev–Trinajstić information content (AvgIpc) is 2.69. The van der Waals surface area contributed by atoms with Crippen molar-refractivity contribution in [2.24, 2.45) is 0 Å². The number of carbonyl (C=O) groups is 1. The van der Waals surface area contributed by atoms with Crippen LogP contribution in [0, 0.1) is 0 Å². The van der Waals surface area contributed by atoms with Crippen LogP contribution in [0.5, 0.6) is 0 Å². The Kier molecular flexibility index (Phi) is 4.73. The summed E-state index contributed by atoms with van der Waals surface area (Å²) in [5.74, 6) is 0.735. The minimum absolute atomic E-state index is 0.206. The molecule has 1 atom stereocenters. The Bertz CT molecular complexity index is 269. The number of alkyl halides is 1. The zero-order chi connectivity index (χ0) is 10.4. The second kappa shape index (κ2) is 5.86. The van der Waals surface area contributed by atoms with Crippen molar-refractivity contribution in [1.29, 1.82) is 0 Å². The number of rotatable bonds is 5. The molecule has 0 bridgehead atoms. The first kappa shape index (κ1) is 11.3. The smallest absolute Gasteiger partial charge is 0.319 e. The molecule has 14 heavy (non-hydrogen) atoms. The molecule has 0 saturated heterocycles. The van der Waals surface area contributed by atoms with Crippen molar-refractivity contribution in [3.8, 4) is 0 Å². The fourth-order valence-corrected chi connectivity index (χ4v) is 1.67. The lowest BCUT2D eigenvalue weighted by Gasteiger charge is -2.05. The van der Waals surface area contributed by atoms with Gasteiger partial charge < -0.3 is 9.15 Å². The number of esters is 1. The molecule has 0 N–H and O–H groups in total. The van der Waals surface area contributed by atoms with Gasteiger partial charge in [-0.2, -0.15) is 0 Å². The highest BCUT2D eigenvalue weighted by Gasteiger charge is 2.14. The van der Waals surface area contributed by atoms with Crippen molar-refractivity contribution >= 4 is 21.9 Å². The van der Waals surface area contributed by atoms with Crippen molar-refractivity contribution in [2.75, 3.05) is 7.11 Å². The Morgan fingerprint density at radius 3 is 3.07 bits per heavy atom. The molecule has 0 aliphatic heterocycles. The predicted molar refractivity (Wildman–Crippen MR) is 56.4 cm³/mol. The summed E-state index contributed by atoms with van der Waals surface area (Å²) in [6.45, 7) is 0. The van der Waals surface area contributed by atoms with Gasteiger partial charge in [0.05, 0.1) is 13.4 Å². The number of carbonyl (C=O) groups excluding carboxylic acids is 1. The molecule has 4 heteroatoms. The lowest BCUT2D eigenvalue weighted by Crippen LogP contribution is -2.15. The third-order valence-electron chi connectivity index (χ3n) is 1.92. The van der Waals surface area contributed by atoms with Gasteiger partial charge in [0, 0.05) is 6.42 Å². The SMILES string of the molecule is COC(=O)C(Br)CCCc1ccco1. The largest absolute Gasteiger partial charge is 0.469 e. The van der Waals surface area contributed by atoms with Gasteiger partial charge in [-0.05, 0) is 25.0 Å². The normalized spacial score (nSPS) is 12.4. The Morgan fingerprint density at radius 1 is 1.71 bits per heavy atom. The molecule has 1 unspecified atom stereocenters. The molecular formula is C10H13BrO3. The highest BCUT2D eigenvalue weighted by atomic mass is 79.9. The summed E-state index contributed by atoms with van der Waals surface area (Å²) in [6, 6.07) is 3.79. The van der Waals surface area contributed by atoms with E-state index in [4.69, 9.17) is 4.42 Å². The van der Waals surface area contributed by atoms with E-state index in [1.54, 1.807) is 6.26 Å². The first-order valence-corrected chi connectivity index (χ1v) is 5.40. The van der Waals surface area contributed by atoms with Crippen molar-refractivity contribution in [3.63, 3.8) is 0 Å². The molecule has 1 aromatic rings. The van der Waals surface area contributed by atoms with Crippen LogP contribution in [-0.2, 0) is 16.0 Å². The van der Waals surface area contributed by atoms with E-state index in [2.05, 4.69) is 20.7 Å². The number of furan rings is 1. The highest BCUT2D eigenvalue weighted by molar-refractivity contribution is 9.10. The molecule has 1 aromatic heterocycles. The van der Waals surface area contributed by atoms with Crippen LogP contribution in [0.2, 0.25) is 0 Å². The number of halogens is 1. The van der Waals surface area contributed by atoms with Crippen LogP contribution in [-0.4, -0.2) is 17.9 Å². The Hall–Kier alpha value is -0.770. The topological polar surface area (TPSA) is 39.4 Å². The van der Waals surface area contributed by atoms with Crippen molar-refractivity contribution in [2.45, 2.75) is 24.1 Å². The quantitative estimate of drug-likeness (QED) is 0.604. The zero-order valence-electron chi connectivity index (χ0n) is 8.03. The van der Waals surface area contributed by atoms with Crippen molar-refractivity contribution < 1.29 is 13.9 Å². The van der Waals surface area contributed by atoms with Gasteiger partial charge in [-0.15, -0.1) is 0 Å². The summed E-state index contributed by atoms with van der Waals surface area (Å²) >= 11 is 3.26. The van der Waals surface area contributed by atoms with Crippen LogP contribution in [0.25, 0.3) is 0 Å². The number of hydrogen-bond donors (Lipinski definition) is 0. The molecule has 78 valence electrons. The molecule has 0 radical (unpaired) electrons. The maximum atomic E-state index is 11.0. The summed E-state index contributed by atoms with van der Waals surface area (Å²) in [5, 5.41) is 0. The maximum absolute atomic E-state index is 11.0. The summed E-state index contributed by atoms with van der Waals surface area (Å²) in [4.78, 5) is 10.8. The first-order valence-electron chi connectivity index (χ1n) is 4.48. The highest BCUT2D eigenvalue weighted by Crippen LogP contribution is 2.13. The molecule has 0 spiro atoms. The molecule has 0 aromatic carbocycles. The lowest BCUT2D eigenvalue weighted by atomic mass is 10.1. The van der Waals surface area contributed by atoms with E-state index in [0.717, 1.165) is 25.0 Å². The minimum atomic E-state index is -0.218. The van der Waals surface area contributed by atoms with Gasteiger partial charge in [-0.3, -0.25) is 4.79 Å². The van der Waals surface area contributed by atoms with Crippen LogP contribution in [0.15, 0.2) is 22.8 Å². The van der Waals surface area contributed by atoms with E-state index >= 15 is 0 Å². The van der Waals surface area contributed by atoms with E-state index in [1.165, 1.54) is 7.11 Å². The lowest BCUT2D eigenvalue weighted by molar-refractivity contribution is -0.139. The molecular weight excluding hydrogens is 248 g/mol. The fraction of sp³-hybridized carbons (Fsp3) is 0.500. The van der Waals surface area contributed by atoms with Gasteiger partial charge in [0.15, 0.2) is 0 Å². The van der Waals surface area contributed by atoms with Crippen LogP contribution in [0.3, 0.4) is 0 Å². The van der Waals surface area contributed by atoms with Crippen LogP contribution in [0.4, 0.5) is 0 Å². The standard InChI is InChI=1S/C10H13BrO3/c1-13-10(12)9(11)6-2-4-8-5-3-7-14-8/h3,5,7,9H,2,4,6H2,1H3. The second-order valence-electron chi connectivity index (χ2n) is 2.96. The average molecular weight is 261 g/mol. The van der Waals surface area contributed by atoms with Gasteiger partial charge in [-0.25, -0.2) is 0 Å². The molecule has 3 nitrogen and oxygen atoms in total. The Labute approximate surface area is 91.6 Å². The monoisotopic (exact) mass is 260 g/mol. The van der Waals surface area contributed by atoms with Gasteiger partial charge in [0.2, 0.25) is 0 Å². The van der Waals surface area contributed by atoms with E-state index in [1.807, 2.05) is 12.1 Å². The van der Waals surface area contributed by atoms with Gasteiger partial charge >= 0.3 is 5.97 Å². The number of ether oxygens (including phenoxy) is 1. The third kappa shape index (κ3) is 3.54. The van der Waals surface area contributed by atoms with Crippen LogP contribution in [0.1, 0.15) is 18.6 Å². The molecule has 0 saturated carbocycles. The van der Waals surface area contributed by atoms with Crippen LogP contribution >= 0.6 is 15.9 Å². The summed E-state index contributed by atoms with van der Waals surface area (Å²) < 4.78 is 9.76. The minimum Gasteiger partial charge on any atom is -0.469 e. The summed E-state index contributed by atoms with van der Waals surface area (Å²) in [6.07, 6.45) is 4.17. The van der Waals surface area contributed by atoms with Gasteiger partial charge in [0.1, 0.15) is 10.6 Å². The molecule has 1 rings (SSSR count). The Morgan fingerprint density at radius 2 is 2.50 bits per heavy atom. The van der Waals surface area contributed by atoms with E-state index in [9.17, 15) is 4.79 Å². The zero-order valence-corrected chi connectivity index (χ0v) is 9.62. The third-order valence-corrected chi connectivity index (χ3v) is 2.75. The number of hydrogen-bond acceptors (Lipinski definition) is 3. The van der Waals surface area contributed by atoms with E-state index in [-0.39, 0.29) is 10.8 Å². The van der Waals surface area contributed by atoms with Gasteiger partial charge in [0.25, 0.3) is 0 Å². The molecule has 0 aliphatic rings. The van der Waals surface area contributed by atoms with Crippen LogP contribution < -0.4 is 0 Å². The van der Waals surface area contributed by atoms with Crippen molar-refractivity contribution in [1.82, 2.24) is 0 Å². The molecule has 0 fully saturated rings. The van der Waals surface area contributed by atoms with E-state index < -0.39 is 0 Å². The summed E-state index contributed by atoms with van der Waals surface area (Å²) in [5.41, 5.74) is 0. The molecule has 1 heterocycles. The molecule has 0 aliphatic carbocycles. The fourth-order valence-electron chi connectivity index (χ4n) is 1.16. The first-order chi connectivity index (χ1) is 6.74. The van der Waals surface area contributed by atoms with Crippen molar-refractivity contribution in [3.05, 3.63) is 24.2 Å². The predicted octanol–water partition coefficient (Wildman–Crippen LogP) is 2.54. The number of methoxy groups -OCH3 is 1.